The van der Waals surface area contributed by atoms with Crippen LogP contribution >= 0.6 is 0 Å². The number of alkyl halides is 6. The quantitative estimate of drug-likeness (QED) is 0.115. The van der Waals surface area contributed by atoms with E-state index < -0.39 is 31.3 Å². The Bertz CT molecular complexity index is 1730. The Balaban J connectivity index is 0.000000459. The van der Waals surface area contributed by atoms with Gasteiger partial charge in [0.15, 0.2) is 20.2 Å². The summed E-state index contributed by atoms with van der Waals surface area (Å²) in [6, 6.07) is 23.0. The number of hydrogen-bond donors (Lipinski definition) is 0. The minimum atomic E-state index is -6.09. The van der Waals surface area contributed by atoms with Gasteiger partial charge in [0.25, 0.3) is 0 Å². The minimum Gasteiger partial charge on any atom is -0.741 e. The smallest absolute Gasteiger partial charge is 0.741 e. The molecule has 255 valence electrons. The van der Waals surface area contributed by atoms with Crippen molar-refractivity contribution in [1.29, 1.82) is 5.26 Å². The number of hydrogen-bond acceptors (Lipinski definition) is 11. The maximum atomic E-state index is 10.7. The van der Waals surface area contributed by atoms with Crippen molar-refractivity contribution in [3.63, 3.8) is 0 Å². The average Bonchev–Trinajstić information content (AvgIpc) is 3.22. The Labute approximate surface area is 276 Å². The molecule has 0 bridgehead atoms. The van der Waals surface area contributed by atoms with E-state index in [-0.39, 0.29) is 17.1 Å². The van der Waals surface area contributed by atoms with Gasteiger partial charge in [-0.1, -0.05) is 36.4 Å². The second-order valence-corrected chi connectivity index (χ2v) is 11.8. The topological polar surface area (TPSA) is 170 Å². The van der Waals surface area contributed by atoms with Crippen LogP contribution in [0, 0.1) is 11.3 Å². The van der Waals surface area contributed by atoms with Crippen molar-refractivity contribution in [2.75, 3.05) is 36.0 Å². The van der Waals surface area contributed by atoms with Gasteiger partial charge in [-0.3, -0.25) is 9.97 Å². The van der Waals surface area contributed by atoms with Crippen molar-refractivity contribution in [3.8, 4) is 6.07 Å². The van der Waals surface area contributed by atoms with Crippen LogP contribution in [0.5, 0.6) is 0 Å². The largest absolute Gasteiger partial charge is 2.00 e. The zero-order valence-electron chi connectivity index (χ0n) is 24.1. The van der Waals surface area contributed by atoms with E-state index in [1.807, 2.05) is 24.5 Å². The van der Waals surface area contributed by atoms with Crippen LogP contribution in [0.1, 0.15) is 13.3 Å². The molecule has 11 nitrogen and oxygen atoms in total. The van der Waals surface area contributed by atoms with E-state index in [2.05, 4.69) is 68.3 Å². The zero-order valence-corrected chi connectivity index (χ0v) is 26.9. The Morgan fingerprint density at radius 3 is 1.28 bits per heavy atom. The molecule has 4 aromatic rings. The molecular weight excluding hydrogens is 723 g/mol. The molecule has 0 saturated carbocycles. The van der Waals surface area contributed by atoms with Crippen LogP contribution < -0.4 is 9.80 Å². The summed E-state index contributed by atoms with van der Waals surface area (Å²) < 4.78 is 118. The normalized spacial score (nSPS) is 13.7. The number of anilines is 2. The minimum absolute atomic E-state index is 0. The van der Waals surface area contributed by atoms with E-state index in [1.165, 1.54) is 29.1 Å². The van der Waals surface area contributed by atoms with E-state index in [9.17, 15) is 26.3 Å². The summed E-state index contributed by atoms with van der Waals surface area (Å²) in [4.78, 5) is 14.2. The summed E-state index contributed by atoms with van der Waals surface area (Å²) in [6.45, 7) is 5.49. The number of aromatic nitrogens is 2. The molecule has 0 amide bonds. The van der Waals surface area contributed by atoms with Crippen LogP contribution in [-0.2, 0) is 37.3 Å². The third-order valence-corrected chi connectivity index (χ3v) is 7.10. The number of benzene rings is 2. The standard InChI is InChI=1S/C23H22N4.C2H3N.2CHF3O3S.Mn/c1-6-18-8-3-12-24-22(18)20(10-1)26-14-5-15-27(17-16-26)21-11-2-7-19-9-4-13-25-23(19)21;1-2-3;2*2-1(3,4)8(5,6)7;/h1-4,6-13H,5,14-17H2;1H3;2*(H,5,6,7);/q;;;;+2/p-2. The van der Waals surface area contributed by atoms with Gasteiger partial charge in [-0.25, -0.2) is 16.8 Å². The summed E-state index contributed by atoms with van der Waals surface area (Å²) >= 11 is 0. The van der Waals surface area contributed by atoms with Crippen molar-refractivity contribution in [3.05, 3.63) is 73.1 Å². The predicted octanol–water partition coefficient (Wildman–Crippen LogP) is 5.13. The predicted molar refractivity (Wildman–Crippen MR) is 155 cm³/mol. The van der Waals surface area contributed by atoms with Crippen LogP contribution in [0.15, 0.2) is 73.1 Å². The molecule has 1 radical (unpaired) electrons. The maximum absolute atomic E-state index is 10.7. The number of rotatable bonds is 2. The fourth-order valence-electron chi connectivity index (χ4n) is 4.09. The van der Waals surface area contributed by atoms with E-state index in [4.69, 9.17) is 31.2 Å². The van der Waals surface area contributed by atoms with Gasteiger partial charge in [-0.2, -0.15) is 31.6 Å². The van der Waals surface area contributed by atoms with E-state index in [0.29, 0.717) is 0 Å². The molecule has 0 spiro atoms. The van der Waals surface area contributed by atoms with E-state index >= 15 is 0 Å². The van der Waals surface area contributed by atoms with Crippen molar-refractivity contribution in [1.82, 2.24) is 9.97 Å². The second-order valence-electron chi connectivity index (χ2n) is 9.06. The number of nitrogens with zero attached hydrogens (tertiary/aromatic N) is 5. The molecule has 1 aliphatic rings. The van der Waals surface area contributed by atoms with Crippen LogP contribution in [-0.4, -0.2) is 73.1 Å². The van der Waals surface area contributed by atoms with Gasteiger partial charge < -0.3 is 18.9 Å². The summed E-state index contributed by atoms with van der Waals surface area (Å²) in [5.41, 5.74) is -6.61. The first-order chi connectivity index (χ1) is 21.3. The van der Waals surface area contributed by atoms with E-state index in [0.717, 1.165) is 43.6 Å². The van der Waals surface area contributed by atoms with Crippen LogP contribution in [0.3, 0.4) is 0 Å². The second kappa shape index (κ2) is 17.4. The number of nitriles is 1. The Hall–Kier alpha value is -3.73. The summed E-state index contributed by atoms with van der Waals surface area (Å²) in [5.74, 6) is 0. The van der Waals surface area contributed by atoms with Crippen molar-refractivity contribution >= 4 is 53.4 Å². The van der Waals surface area contributed by atoms with Gasteiger partial charge in [0.05, 0.1) is 28.5 Å². The van der Waals surface area contributed by atoms with E-state index in [1.54, 1.807) is 6.07 Å². The Morgan fingerprint density at radius 1 is 0.681 bits per heavy atom. The molecule has 0 N–H and O–H groups in total. The van der Waals surface area contributed by atoms with Gasteiger partial charge in [0.2, 0.25) is 0 Å². The number of pyridine rings is 2. The van der Waals surface area contributed by atoms with Gasteiger partial charge in [0.1, 0.15) is 0 Å². The maximum Gasteiger partial charge on any atom is 2.00 e. The summed E-state index contributed by atoms with van der Waals surface area (Å²) in [5, 5.41) is 9.73. The van der Waals surface area contributed by atoms with Gasteiger partial charge >= 0.3 is 28.1 Å². The third-order valence-electron chi connectivity index (χ3n) is 5.97. The van der Waals surface area contributed by atoms with Gasteiger partial charge in [-0.15, -0.1) is 0 Å². The first-order valence-corrected chi connectivity index (χ1v) is 15.7. The average molecular weight is 749 g/mol. The first kappa shape index (κ1) is 41.3. The van der Waals surface area contributed by atoms with Crippen LogP contribution in [0.25, 0.3) is 21.8 Å². The molecule has 20 heteroatoms. The number of halogens is 6. The molecule has 2 aromatic carbocycles. The van der Waals surface area contributed by atoms with Crippen LogP contribution in [0.2, 0.25) is 0 Å². The molecule has 5 rings (SSSR count). The van der Waals surface area contributed by atoms with Gasteiger partial charge in [0, 0.05) is 56.3 Å². The number of fused-ring (bicyclic) bond motifs is 2. The third kappa shape index (κ3) is 12.1. The fraction of sp³-hybridized carbons (Fsp3) is 0.296. The van der Waals surface area contributed by atoms with Gasteiger partial charge in [-0.05, 0) is 30.7 Å². The Kier molecular flexibility index (Phi) is 15.3. The molecular formula is C27H25F6MnN5O6S2. The molecule has 0 aliphatic carbocycles. The molecule has 0 atom stereocenters. The van der Waals surface area contributed by atoms with Crippen molar-refractivity contribution in [2.45, 2.75) is 24.4 Å². The molecule has 2 aromatic heterocycles. The molecule has 1 fully saturated rings. The molecule has 3 heterocycles. The summed E-state index contributed by atoms with van der Waals surface area (Å²) in [7, 11) is -12.2. The molecule has 1 saturated heterocycles. The zero-order chi connectivity index (χ0) is 34.8. The van der Waals surface area contributed by atoms with Crippen molar-refractivity contribution < 1.29 is 69.4 Å². The SMILES string of the molecule is CC#N.O=S(=O)([O-])C(F)(F)F.O=S(=O)([O-])C(F)(F)F.[Mn+2].c1cnc2c(N3CCCN(c4cccc5cccnc45)CC3)cccc2c1. The fourth-order valence-corrected chi connectivity index (χ4v) is 4.09. The van der Waals surface area contributed by atoms with Crippen LogP contribution in [0.4, 0.5) is 37.7 Å². The monoisotopic (exact) mass is 748 g/mol. The molecule has 1 aliphatic heterocycles. The Morgan fingerprint density at radius 2 is 0.979 bits per heavy atom. The van der Waals surface area contributed by atoms with Crippen molar-refractivity contribution in [2.24, 2.45) is 0 Å². The molecule has 47 heavy (non-hydrogen) atoms. The number of para-hydroxylation sites is 2. The first-order valence-electron chi connectivity index (χ1n) is 12.8. The molecule has 0 unspecified atom stereocenters. The summed E-state index contributed by atoms with van der Waals surface area (Å²) in [6.07, 6.45) is 4.89.